The number of hydrogen-bond donors (Lipinski definition) is 0. The summed E-state index contributed by atoms with van der Waals surface area (Å²) in [7, 11) is 1.39. The fourth-order valence-corrected chi connectivity index (χ4v) is 2.84. The van der Waals surface area contributed by atoms with E-state index in [1.165, 1.54) is 37.5 Å². The Labute approximate surface area is 124 Å². The lowest BCUT2D eigenvalue weighted by Crippen LogP contribution is -2.19. The van der Waals surface area contributed by atoms with Gasteiger partial charge >= 0.3 is 5.97 Å². The largest absolute Gasteiger partial charge is 0.465 e. The molecule has 106 valence electrons. The molecule has 19 heavy (non-hydrogen) atoms. The van der Waals surface area contributed by atoms with E-state index in [1.807, 2.05) is 13.0 Å². The van der Waals surface area contributed by atoms with Gasteiger partial charge in [-0.2, -0.15) is 0 Å². The lowest BCUT2D eigenvalue weighted by atomic mass is 9.72. The third kappa shape index (κ3) is 4.07. The molecule has 3 heteroatoms. The van der Waals surface area contributed by atoms with Gasteiger partial charge in [0.15, 0.2) is 0 Å². The van der Waals surface area contributed by atoms with Crippen molar-refractivity contribution in [1.82, 2.24) is 0 Å². The van der Waals surface area contributed by atoms with Crippen LogP contribution in [0.1, 0.15) is 47.0 Å². The zero-order valence-corrected chi connectivity index (χ0v) is 14.1. The van der Waals surface area contributed by atoms with Crippen molar-refractivity contribution in [3.8, 4) is 0 Å². The van der Waals surface area contributed by atoms with Crippen LogP contribution in [0.2, 0.25) is 0 Å². The van der Waals surface area contributed by atoms with Gasteiger partial charge < -0.3 is 4.74 Å². The van der Waals surface area contributed by atoms with Gasteiger partial charge in [0, 0.05) is 0 Å². The second kappa shape index (κ2) is 6.56. The van der Waals surface area contributed by atoms with E-state index in [0.29, 0.717) is 4.48 Å². The summed E-state index contributed by atoms with van der Waals surface area (Å²) in [4.78, 5) is 11.4. The Hall–Kier alpha value is -0.830. The zero-order chi connectivity index (χ0) is 14.6. The second-order valence-corrected chi connectivity index (χ2v) is 6.55. The molecule has 0 heterocycles. The number of carbonyl (C=O) groups excluding carboxylic acids is 1. The molecule has 0 aromatic heterocycles. The fraction of sp³-hybridized carbons (Fsp3) is 0.562. The van der Waals surface area contributed by atoms with Crippen LogP contribution in [0.15, 0.2) is 33.4 Å². The van der Waals surface area contributed by atoms with Crippen LogP contribution in [0.5, 0.6) is 0 Å². The number of allylic oxidation sites excluding steroid dienone is 5. The van der Waals surface area contributed by atoms with Crippen LogP contribution < -0.4 is 0 Å². The first-order valence-corrected chi connectivity index (χ1v) is 7.42. The third-order valence-corrected chi connectivity index (χ3v) is 4.70. The van der Waals surface area contributed by atoms with Gasteiger partial charge in [0.1, 0.15) is 4.48 Å². The molecular formula is C16H23BrO2. The normalized spacial score (nSPS) is 20.5. The topological polar surface area (TPSA) is 26.3 Å². The second-order valence-electron chi connectivity index (χ2n) is 5.75. The van der Waals surface area contributed by atoms with E-state index < -0.39 is 0 Å². The molecule has 0 amide bonds. The van der Waals surface area contributed by atoms with Crippen LogP contribution >= 0.6 is 15.9 Å². The van der Waals surface area contributed by atoms with E-state index >= 15 is 0 Å². The molecule has 0 saturated heterocycles. The Morgan fingerprint density at radius 1 is 1.42 bits per heavy atom. The molecule has 0 aromatic carbocycles. The Kier molecular flexibility index (Phi) is 5.60. The van der Waals surface area contributed by atoms with E-state index in [2.05, 4.69) is 42.8 Å². The number of methoxy groups -OCH3 is 1. The van der Waals surface area contributed by atoms with Crippen molar-refractivity contribution in [1.29, 1.82) is 0 Å². The van der Waals surface area contributed by atoms with Crippen molar-refractivity contribution in [2.45, 2.75) is 47.0 Å². The molecule has 0 fully saturated rings. The maximum atomic E-state index is 11.4. The lowest BCUT2D eigenvalue weighted by molar-refractivity contribution is -0.135. The highest BCUT2D eigenvalue weighted by Crippen LogP contribution is 2.40. The lowest BCUT2D eigenvalue weighted by Gasteiger charge is -2.33. The van der Waals surface area contributed by atoms with Gasteiger partial charge in [-0.15, -0.1) is 0 Å². The quantitative estimate of drug-likeness (QED) is 0.418. The molecule has 0 atom stereocenters. The molecule has 2 nitrogen and oxygen atoms in total. The minimum absolute atomic E-state index is 0.219. The third-order valence-electron chi connectivity index (χ3n) is 3.75. The molecule has 0 spiro atoms. The van der Waals surface area contributed by atoms with Gasteiger partial charge in [0.25, 0.3) is 0 Å². The van der Waals surface area contributed by atoms with E-state index in [0.717, 1.165) is 5.57 Å². The van der Waals surface area contributed by atoms with Crippen molar-refractivity contribution in [3.05, 3.63) is 33.4 Å². The molecule has 1 rings (SSSR count). The molecule has 1 aliphatic carbocycles. The smallest absolute Gasteiger partial charge is 0.345 e. The molecule has 0 saturated carbocycles. The van der Waals surface area contributed by atoms with Crippen molar-refractivity contribution in [3.63, 3.8) is 0 Å². The summed E-state index contributed by atoms with van der Waals surface area (Å²) in [5, 5.41) is 0. The van der Waals surface area contributed by atoms with Gasteiger partial charge in [-0.1, -0.05) is 31.6 Å². The number of rotatable bonds is 3. The first-order chi connectivity index (χ1) is 8.79. The molecule has 0 radical (unpaired) electrons. The first kappa shape index (κ1) is 16.2. The zero-order valence-electron chi connectivity index (χ0n) is 12.5. The SMILES string of the molecule is COC(=O)/C(Br)=C(C)/C=C/C1=C(C)CCCC1(C)C. The minimum atomic E-state index is -0.337. The Morgan fingerprint density at radius 3 is 2.58 bits per heavy atom. The standard InChI is InChI=1S/C16H23BrO2/c1-11-7-6-10-16(3,4)13(11)9-8-12(2)14(17)15(18)19-5/h8-9H,6-7,10H2,1-5H3/b9-8+,14-12-. The van der Waals surface area contributed by atoms with Crippen LogP contribution in [0, 0.1) is 5.41 Å². The Bertz CT molecular complexity index is 453. The number of carbonyl (C=O) groups is 1. The molecule has 0 unspecified atom stereocenters. The fourth-order valence-electron chi connectivity index (χ4n) is 2.54. The highest BCUT2D eigenvalue weighted by molar-refractivity contribution is 9.12. The summed E-state index contributed by atoms with van der Waals surface area (Å²) in [5.74, 6) is -0.337. The van der Waals surface area contributed by atoms with Gasteiger partial charge in [0.05, 0.1) is 7.11 Å². The summed E-state index contributed by atoms with van der Waals surface area (Å²) in [6.45, 7) is 8.67. The summed E-state index contributed by atoms with van der Waals surface area (Å²) in [5.41, 5.74) is 3.95. The highest BCUT2D eigenvalue weighted by atomic mass is 79.9. The van der Waals surface area contributed by atoms with Gasteiger partial charge in [-0.05, 0) is 65.6 Å². The van der Waals surface area contributed by atoms with E-state index in [-0.39, 0.29) is 11.4 Å². The average Bonchev–Trinajstić information content (AvgIpc) is 2.35. The van der Waals surface area contributed by atoms with Crippen molar-refractivity contribution < 1.29 is 9.53 Å². The van der Waals surface area contributed by atoms with Crippen LogP contribution in [-0.2, 0) is 9.53 Å². The molecule has 0 aliphatic heterocycles. The summed E-state index contributed by atoms with van der Waals surface area (Å²) < 4.78 is 5.18. The first-order valence-electron chi connectivity index (χ1n) is 6.62. The molecule has 0 N–H and O–H groups in total. The molecule has 0 aromatic rings. The van der Waals surface area contributed by atoms with Crippen molar-refractivity contribution >= 4 is 21.9 Å². The summed E-state index contributed by atoms with van der Waals surface area (Å²) >= 11 is 3.28. The van der Waals surface area contributed by atoms with Gasteiger partial charge in [-0.3, -0.25) is 0 Å². The number of esters is 1. The van der Waals surface area contributed by atoms with Gasteiger partial charge in [0.2, 0.25) is 0 Å². The summed E-state index contributed by atoms with van der Waals surface area (Å²) in [6.07, 6.45) is 7.78. The molecule has 0 bridgehead atoms. The minimum Gasteiger partial charge on any atom is -0.465 e. The van der Waals surface area contributed by atoms with Gasteiger partial charge in [-0.25, -0.2) is 4.79 Å². The average molecular weight is 327 g/mol. The van der Waals surface area contributed by atoms with Crippen LogP contribution in [0.4, 0.5) is 0 Å². The van der Waals surface area contributed by atoms with E-state index in [1.54, 1.807) is 0 Å². The monoisotopic (exact) mass is 326 g/mol. The highest BCUT2D eigenvalue weighted by Gasteiger charge is 2.26. The van der Waals surface area contributed by atoms with E-state index in [9.17, 15) is 4.79 Å². The van der Waals surface area contributed by atoms with Crippen LogP contribution in [0.25, 0.3) is 0 Å². The van der Waals surface area contributed by atoms with Crippen LogP contribution in [-0.4, -0.2) is 13.1 Å². The van der Waals surface area contributed by atoms with Crippen molar-refractivity contribution in [2.75, 3.05) is 7.11 Å². The molecule has 1 aliphatic rings. The predicted molar refractivity (Wildman–Crippen MR) is 83.1 cm³/mol. The molecular weight excluding hydrogens is 304 g/mol. The number of ether oxygens (including phenoxy) is 1. The van der Waals surface area contributed by atoms with E-state index in [4.69, 9.17) is 4.74 Å². The number of halogens is 1. The Balaban J connectivity index is 3.01. The van der Waals surface area contributed by atoms with Crippen molar-refractivity contribution in [2.24, 2.45) is 5.41 Å². The maximum absolute atomic E-state index is 11.4. The summed E-state index contributed by atoms with van der Waals surface area (Å²) in [6, 6.07) is 0. The maximum Gasteiger partial charge on any atom is 0.345 e. The Morgan fingerprint density at radius 2 is 2.05 bits per heavy atom. The predicted octanol–water partition coefficient (Wildman–Crippen LogP) is 4.91. The number of hydrogen-bond acceptors (Lipinski definition) is 2. The van der Waals surface area contributed by atoms with Crippen LogP contribution in [0.3, 0.4) is 0 Å².